The topological polar surface area (TPSA) is 41.8 Å². The van der Waals surface area contributed by atoms with Gasteiger partial charge in [0.25, 0.3) is 10.7 Å². The summed E-state index contributed by atoms with van der Waals surface area (Å²) in [6.45, 7) is 0. The second kappa shape index (κ2) is 3.12. The Hall–Kier alpha value is -0.460. The molecule has 2 heterocycles. The highest BCUT2D eigenvalue weighted by atomic mass is 79.9. The Morgan fingerprint density at radius 1 is 1.67 bits per heavy atom. The maximum atomic E-state index is 5.14. The molecule has 2 rings (SSSR count). The second-order valence-electron chi connectivity index (χ2n) is 2.02. The van der Waals surface area contributed by atoms with Gasteiger partial charge in [-0.2, -0.15) is 0 Å². The van der Waals surface area contributed by atoms with Crippen LogP contribution in [0.3, 0.4) is 0 Å². The zero-order chi connectivity index (χ0) is 8.55. The lowest BCUT2D eigenvalue weighted by molar-refractivity contribution is 0.553. The van der Waals surface area contributed by atoms with Gasteiger partial charge in [0.1, 0.15) is 4.88 Å². The van der Waals surface area contributed by atoms with E-state index in [1.165, 1.54) is 0 Å². The molecular weight excluding hydrogens is 260 g/mol. The Kier molecular flexibility index (Phi) is 2.12. The van der Waals surface area contributed by atoms with Crippen molar-refractivity contribution in [2.45, 2.75) is 0 Å². The first-order valence-corrected chi connectivity index (χ1v) is 5.14. The maximum Gasteiger partial charge on any atom is 0.284 e. The van der Waals surface area contributed by atoms with Gasteiger partial charge in [0.15, 0.2) is 0 Å². The van der Waals surface area contributed by atoms with E-state index in [1.54, 1.807) is 11.3 Å². The number of nitrogens with one attached hydrogen (secondary N) is 1. The van der Waals surface area contributed by atoms with Crippen LogP contribution in [0.25, 0.3) is 10.8 Å². The highest BCUT2D eigenvalue weighted by molar-refractivity contribution is 9.10. The van der Waals surface area contributed by atoms with E-state index in [4.69, 9.17) is 16.6 Å². The van der Waals surface area contributed by atoms with E-state index >= 15 is 0 Å². The molecule has 6 heteroatoms. The molecule has 0 bridgehead atoms. The van der Waals surface area contributed by atoms with Crippen molar-refractivity contribution in [3.8, 4) is 10.8 Å². The molecule has 3 nitrogen and oxygen atoms in total. The molecule has 1 N–H and O–H groups in total. The Balaban J connectivity index is 2.57. The minimum Gasteiger partial charge on any atom is -0.408 e. The number of thiophene rings is 1. The van der Waals surface area contributed by atoms with Gasteiger partial charge < -0.3 is 4.42 Å². The molecule has 12 heavy (non-hydrogen) atoms. The van der Waals surface area contributed by atoms with E-state index in [2.05, 4.69) is 26.1 Å². The van der Waals surface area contributed by atoms with Crippen molar-refractivity contribution in [2.75, 3.05) is 0 Å². The number of halogens is 1. The molecule has 0 radical (unpaired) electrons. The molecule has 0 aromatic carbocycles. The lowest BCUT2D eigenvalue weighted by atomic mass is 10.5. The molecule has 62 valence electrons. The van der Waals surface area contributed by atoms with Crippen LogP contribution in [0.15, 0.2) is 20.3 Å². The predicted molar refractivity (Wildman–Crippen MR) is 52.7 cm³/mol. The summed E-state index contributed by atoms with van der Waals surface area (Å²) in [6, 6.07) is 1.94. The SMILES string of the molecule is S=c1[nH]nc(-c2sccc2Br)o1. The van der Waals surface area contributed by atoms with Crippen LogP contribution in [0.2, 0.25) is 0 Å². The fourth-order valence-corrected chi connectivity index (χ4v) is 2.36. The summed E-state index contributed by atoms with van der Waals surface area (Å²) in [4.78, 5) is 1.24. The Labute approximate surface area is 85.6 Å². The van der Waals surface area contributed by atoms with Crippen molar-refractivity contribution in [2.24, 2.45) is 0 Å². The number of H-pyrrole nitrogens is 1. The van der Waals surface area contributed by atoms with E-state index in [0.717, 1.165) is 9.35 Å². The molecule has 0 aliphatic rings. The fourth-order valence-electron chi connectivity index (χ4n) is 0.773. The van der Waals surface area contributed by atoms with Crippen LogP contribution >= 0.6 is 39.5 Å². The van der Waals surface area contributed by atoms with E-state index in [0.29, 0.717) is 10.7 Å². The summed E-state index contributed by atoms with van der Waals surface area (Å²) in [6.07, 6.45) is 0. The van der Waals surface area contributed by atoms with Gasteiger partial charge in [-0.1, -0.05) is 0 Å². The van der Waals surface area contributed by atoms with Gasteiger partial charge in [-0.25, -0.2) is 5.10 Å². The van der Waals surface area contributed by atoms with E-state index in [1.807, 2.05) is 11.4 Å². The molecule has 0 aliphatic carbocycles. The van der Waals surface area contributed by atoms with Crippen molar-refractivity contribution >= 4 is 39.5 Å². The third-order valence-corrected chi connectivity index (χ3v) is 3.25. The van der Waals surface area contributed by atoms with Gasteiger partial charge in [-0.3, -0.25) is 0 Å². The molecule has 2 aromatic rings. The molecule has 0 saturated heterocycles. The van der Waals surface area contributed by atoms with Gasteiger partial charge >= 0.3 is 0 Å². The van der Waals surface area contributed by atoms with Gasteiger partial charge in [0.05, 0.1) is 0 Å². The van der Waals surface area contributed by atoms with Gasteiger partial charge in [-0.15, -0.1) is 16.4 Å². The van der Waals surface area contributed by atoms with Gasteiger partial charge in [-0.05, 0) is 39.6 Å². The summed E-state index contributed by atoms with van der Waals surface area (Å²) in [5.74, 6) is 0.530. The predicted octanol–water partition coefficient (Wildman–Crippen LogP) is 3.22. The Morgan fingerprint density at radius 2 is 2.50 bits per heavy atom. The Bertz CT molecular complexity index is 444. The number of hydrogen-bond acceptors (Lipinski definition) is 4. The summed E-state index contributed by atoms with van der Waals surface area (Å²) in [5.41, 5.74) is 0. The Morgan fingerprint density at radius 3 is 3.00 bits per heavy atom. The van der Waals surface area contributed by atoms with Crippen LogP contribution < -0.4 is 0 Å². The monoisotopic (exact) mass is 262 g/mol. The van der Waals surface area contributed by atoms with Crippen molar-refractivity contribution in [3.05, 3.63) is 20.8 Å². The van der Waals surface area contributed by atoms with E-state index < -0.39 is 0 Å². The first-order valence-electron chi connectivity index (χ1n) is 3.06. The molecule has 0 spiro atoms. The zero-order valence-electron chi connectivity index (χ0n) is 5.70. The molecule has 0 aliphatic heterocycles. The van der Waals surface area contributed by atoms with Crippen LogP contribution in [0.4, 0.5) is 0 Å². The minimum atomic E-state index is 0.297. The normalized spacial score (nSPS) is 10.4. The molecule has 0 atom stereocenters. The zero-order valence-corrected chi connectivity index (χ0v) is 8.92. The standard InChI is InChI=1S/C6H3BrN2OS2/c7-3-1-2-12-4(3)5-8-9-6(11)10-5/h1-2H,(H,9,11). The van der Waals surface area contributed by atoms with E-state index in [-0.39, 0.29) is 0 Å². The summed E-state index contributed by atoms with van der Waals surface area (Å²) in [7, 11) is 0. The van der Waals surface area contributed by atoms with Crippen molar-refractivity contribution in [3.63, 3.8) is 0 Å². The van der Waals surface area contributed by atoms with Crippen LogP contribution in [-0.4, -0.2) is 10.2 Å². The molecule has 0 fully saturated rings. The number of nitrogens with zero attached hydrogens (tertiary/aromatic N) is 1. The molecule has 0 saturated carbocycles. The lowest BCUT2D eigenvalue weighted by Crippen LogP contribution is -1.71. The van der Waals surface area contributed by atoms with Crippen LogP contribution in [0.5, 0.6) is 0 Å². The average molecular weight is 263 g/mol. The van der Waals surface area contributed by atoms with Crippen LogP contribution in [0.1, 0.15) is 0 Å². The fraction of sp³-hybridized carbons (Fsp3) is 0. The first kappa shape index (κ1) is 8.15. The largest absolute Gasteiger partial charge is 0.408 e. The summed E-state index contributed by atoms with van der Waals surface area (Å²) >= 11 is 9.68. The van der Waals surface area contributed by atoms with Gasteiger partial charge in [0, 0.05) is 4.47 Å². The summed E-state index contributed by atoms with van der Waals surface area (Å²) < 4.78 is 6.11. The smallest absolute Gasteiger partial charge is 0.284 e. The average Bonchev–Trinajstić information content (AvgIpc) is 2.58. The number of aromatic nitrogens is 2. The van der Waals surface area contributed by atoms with Crippen molar-refractivity contribution in [1.29, 1.82) is 0 Å². The minimum absolute atomic E-state index is 0.297. The number of rotatable bonds is 1. The van der Waals surface area contributed by atoms with Crippen molar-refractivity contribution < 1.29 is 4.42 Å². The molecular formula is C6H3BrN2OS2. The van der Waals surface area contributed by atoms with E-state index in [9.17, 15) is 0 Å². The quantitative estimate of drug-likeness (QED) is 0.803. The molecule has 0 amide bonds. The van der Waals surface area contributed by atoms with Gasteiger partial charge in [0.2, 0.25) is 0 Å². The highest BCUT2D eigenvalue weighted by Gasteiger charge is 2.08. The number of hydrogen-bond donors (Lipinski definition) is 1. The second-order valence-corrected chi connectivity index (χ2v) is 4.16. The third-order valence-electron chi connectivity index (χ3n) is 1.25. The lowest BCUT2D eigenvalue weighted by Gasteiger charge is -1.86. The van der Waals surface area contributed by atoms with Crippen molar-refractivity contribution in [1.82, 2.24) is 10.2 Å². The summed E-state index contributed by atoms with van der Waals surface area (Å²) in [5, 5.41) is 8.42. The first-order chi connectivity index (χ1) is 5.77. The maximum absolute atomic E-state index is 5.14. The number of aromatic amines is 1. The molecule has 0 unspecified atom stereocenters. The molecule has 2 aromatic heterocycles. The van der Waals surface area contributed by atoms with Crippen LogP contribution in [0, 0.1) is 4.84 Å². The highest BCUT2D eigenvalue weighted by Crippen LogP contribution is 2.31. The van der Waals surface area contributed by atoms with Crippen LogP contribution in [-0.2, 0) is 0 Å². The third kappa shape index (κ3) is 1.37.